The Hall–Kier alpha value is -4.05. The number of carboxylic acid groups (broad SMARTS) is 1. The third-order valence-electron chi connectivity index (χ3n) is 7.26. The average molecular weight is 666 g/mol. The number of rotatable bonds is 22. The minimum Gasteiger partial charge on any atom is -0.480 e. The molecule has 1 heterocycles. The van der Waals surface area contributed by atoms with Gasteiger partial charge in [0, 0.05) is 18.3 Å². The predicted octanol–water partition coefficient (Wildman–Crippen LogP) is -0.703. The smallest absolute Gasteiger partial charge is 0.326 e. The first-order valence-electron chi connectivity index (χ1n) is 16.2. The lowest BCUT2D eigenvalue weighted by Gasteiger charge is -2.26. The number of amides is 5. The van der Waals surface area contributed by atoms with E-state index in [1.54, 1.807) is 13.8 Å². The summed E-state index contributed by atoms with van der Waals surface area (Å²) in [6.45, 7) is 10.8. The van der Waals surface area contributed by atoms with Crippen molar-refractivity contribution < 1.29 is 33.9 Å². The SMILES string of the molecule is CC(C)CC(N)C(=O)NC(C(=O)NC(Cc1cnc[nH]1)C(=O)NCC(=O)NC(CCCCN)C(=O)NC(CC(C)C)C(=O)O)C(C)C. The number of hydrogen-bond donors (Lipinski definition) is 9. The predicted molar refractivity (Wildman–Crippen MR) is 175 cm³/mol. The number of carbonyl (C=O) groups is 6. The second-order valence-electron chi connectivity index (χ2n) is 13.0. The molecular weight excluding hydrogens is 610 g/mol. The van der Waals surface area contributed by atoms with Crippen LogP contribution >= 0.6 is 0 Å². The Kier molecular flexibility index (Phi) is 18.3. The van der Waals surface area contributed by atoms with E-state index in [-0.39, 0.29) is 37.0 Å². The number of unbranched alkanes of at least 4 members (excludes halogenated alkanes) is 1. The quantitative estimate of drug-likeness (QED) is 0.0703. The van der Waals surface area contributed by atoms with E-state index in [1.165, 1.54) is 12.5 Å². The van der Waals surface area contributed by atoms with E-state index in [0.29, 0.717) is 31.5 Å². The van der Waals surface area contributed by atoms with Crippen LogP contribution in [0.5, 0.6) is 0 Å². The lowest BCUT2D eigenvalue weighted by molar-refractivity contribution is -0.142. The molecule has 1 aromatic heterocycles. The molecule has 5 atom stereocenters. The summed E-state index contributed by atoms with van der Waals surface area (Å²) < 4.78 is 0. The molecule has 1 rings (SSSR count). The summed E-state index contributed by atoms with van der Waals surface area (Å²) in [5.74, 6) is -4.49. The van der Waals surface area contributed by atoms with Gasteiger partial charge in [0.25, 0.3) is 0 Å². The van der Waals surface area contributed by atoms with Crippen molar-refractivity contribution in [2.24, 2.45) is 29.2 Å². The van der Waals surface area contributed by atoms with Crippen molar-refractivity contribution in [3.8, 4) is 0 Å². The van der Waals surface area contributed by atoms with E-state index in [9.17, 15) is 33.9 Å². The van der Waals surface area contributed by atoms with Gasteiger partial charge in [0.1, 0.15) is 24.2 Å². The molecule has 0 aliphatic rings. The molecule has 16 nitrogen and oxygen atoms in total. The average Bonchev–Trinajstić information content (AvgIpc) is 3.49. The van der Waals surface area contributed by atoms with Gasteiger partial charge >= 0.3 is 5.97 Å². The molecule has 5 amide bonds. The number of carboxylic acids is 1. The molecule has 47 heavy (non-hydrogen) atoms. The number of aliphatic carboxylic acids is 1. The van der Waals surface area contributed by atoms with E-state index in [4.69, 9.17) is 11.5 Å². The first-order valence-corrected chi connectivity index (χ1v) is 16.2. The van der Waals surface area contributed by atoms with Crippen LogP contribution in [-0.4, -0.2) is 93.9 Å². The largest absolute Gasteiger partial charge is 0.480 e. The van der Waals surface area contributed by atoms with Crippen LogP contribution in [0, 0.1) is 17.8 Å². The molecule has 0 saturated carbocycles. The van der Waals surface area contributed by atoms with Crippen molar-refractivity contribution in [3.63, 3.8) is 0 Å². The molecular formula is C31H55N9O7. The summed E-state index contributed by atoms with van der Waals surface area (Å²) >= 11 is 0. The number of aromatic nitrogens is 2. The number of nitrogens with two attached hydrogens (primary N) is 2. The molecule has 0 spiro atoms. The standard InChI is InChI=1S/C31H55N9O7/c1-17(2)11-21(33)27(42)40-26(19(5)6)30(45)38-23(13-20-14-34-16-36-20)28(43)35-15-25(41)37-22(9-7-8-10-32)29(44)39-24(31(46)47)12-18(3)4/h14,16-19,21-24,26H,7-13,15,32-33H2,1-6H3,(H,34,36)(H,35,43)(H,37,41)(H,38,45)(H,39,44)(H,40,42)(H,46,47). The summed E-state index contributed by atoms with van der Waals surface area (Å²) in [7, 11) is 0. The van der Waals surface area contributed by atoms with Crippen molar-refractivity contribution >= 4 is 35.5 Å². The van der Waals surface area contributed by atoms with E-state index in [1.807, 2.05) is 27.7 Å². The Bertz CT molecular complexity index is 1160. The van der Waals surface area contributed by atoms with E-state index >= 15 is 0 Å². The number of nitrogens with one attached hydrogen (secondary N) is 6. The molecule has 0 aromatic carbocycles. The number of hydrogen-bond acceptors (Lipinski definition) is 9. The number of H-pyrrole nitrogens is 1. The highest BCUT2D eigenvalue weighted by atomic mass is 16.4. The highest BCUT2D eigenvalue weighted by Gasteiger charge is 2.31. The fourth-order valence-corrected chi connectivity index (χ4v) is 4.76. The van der Waals surface area contributed by atoms with Crippen LogP contribution in [0.1, 0.15) is 79.3 Å². The van der Waals surface area contributed by atoms with Crippen LogP contribution < -0.4 is 38.1 Å². The zero-order valence-corrected chi connectivity index (χ0v) is 28.4. The highest BCUT2D eigenvalue weighted by molar-refractivity contribution is 5.95. The number of imidazole rings is 1. The van der Waals surface area contributed by atoms with Gasteiger partial charge in [0.05, 0.1) is 18.9 Å². The molecule has 0 radical (unpaired) electrons. The van der Waals surface area contributed by atoms with E-state index < -0.39 is 72.3 Å². The first-order chi connectivity index (χ1) is 22.0. The molecule has 0 bridgehead atoms. The normalized spacial score (nSPS) is 14.5. The van der Waals surface area contributed by atoms with E-state index in [0.717, 1.165) is 0 Å². The maximum Gasteiger partial charge on any atom is 0.326 e. The number of nitrogens with zero attached hydrogens (tertiary/aromatic N) is 1. The van der Waals surface area contributed by atoms with Gasteiger partial charge in [-0.25, -0.2) is 9.78 Å². The number of carbonyl (C=O) groups excluding carboxylic acids is 5. The summed E-state index contributed by atoms with van der Waals surface area (Å²) in [5.41, 5.74) is 12.1. The molecule has 5 unspecified atom stereocenters. The maximum absolute atomic E-state index is 13.3. The van der Waals surface area contributed by atoms with Crippen LogP contribution in [0.4, 0.5) is 0 Å². The van der Waals surface area contributed by atoms with Gasteiger partial charge in [0.15, 0.2) is 0 Å². The van der Waals surface area contributed by atoms with Crippen LogP contribution in [-0.2, 0) is 35.2 Å². The Morgan fingerprint density at radius 1 is 0.809 bits per heavy atom. The molecule has 0 aliphatic carbocycles. The van der Waals surface area contributed by atoms with Gasteiger partial charge in [0.2, 0.25) is 29.5 Å². The summed E-state index contributed by atoms with van der Waals surface area (Å²) in [6, 6.07) is -5.14. The first kappa shape index (κ1) is 41.0. The van der Waals surface area contributed by atoms with Gasteiger partial charge in [-0.3, -0.25) is 24.0 Å². The van der Waals surface area contributed by atoms with Crippen molar-refractivity contribution in [3.05, 3.63) is 18.2 Å². The lowest BCUT2D eigenvalue weighted by Crippen LogP contribution is -2.58. The van der Waals surface area contributed by atoms with Gasteiger partial charge < -0.3 is 48.1 Å². The second-order valence-corrected chi connectivity index (χ2v) is 13.0. The zero-order chi connectivity index (χ0) is 35.7. The van der Waals surface area contributed by atoms with Crippen molar-refractivity contribution in [2.75, 3.05) is 13.1 Å². The molecule has 0 saturated heterocycles. The number of aromatic amines is 1. The molecule has 16 heteroatoms. The third-order valence-corrected chi connectivity index (χ3v) is 7.26. The zero-order valence-electron chi connectivity index (χ0n) is 28.4. The molecule has 1 aromatic rings. The Morgan fingerprint density at radius 2 is 1.45 bits per heavy atom. The maximum atomic E-state index is 13.3. The van der Waals surface area contributed by atoms with Crippen molar-refractivity contribution in [1.29, 1.82) is 0 Å². The van der Waals surface area contributed by atoms with Gasteiger partial charge in [-0.15, -0.1) is 0 Å². The molecule has 266 valence electrons. The highest BCUT2D eigenvalue weighted by Crippen LogP contribution is 2.09. The summed E-state index contributed by atoms with van der Waals surface area (Å²) in [5, 5.41) is 22.4. The fourth-order valence-electron chi connectivity index (χ4n) is 4.76. The topological polar surface area (TPSA) is 264 Å². The van der Waals surface area contributed by atoms with Crippen molar-refractivity contribution in [1.82, 2.24) is 36.6 Å². The Balaban J connectivity index is 3.00. The van der Waals surface area contributed by atoms with Crippen LogP contribution in [0.25, 0.3) is 0 Å². The molecule has 0 fully saturated rings. The molecule has 11 N–H and O–H groups in total. The van der Waals surface area contributed by atoms with Gasteiger partial charge in [-0.2, -0.15) is 0 Å². The Labute approximate surface area is 276 Å². The van der Waals surface area contributed by atoms with Gasteiger partial charge in [-0.1, -0.05) is 41.5 Å². The van der Waals surface area contributed by atoms with Gasteiger partial charge in [-0.05, 0) is 56.4 Å². The Morgan fingerprint density at radius 3 is 1.98 bits per heavy atom. The van der Waals surface area contributed by atoms with E-state index in [2.05, 4.69) is 36.6 Å². The third kappa shape index (κ3) is 15.9. The minimum absolute atomic E-state index is 0.00135. The monoisotopic (exact) mass is 665 g/mol. The lowest BCUT2D eigenvalue weighted by atomic mass is 10.00. The summed E-state index contributed by atoms with van der Waals surface area (Å²) in [4.78, 5) is 83.7. The minimum atomic E-state index is -1.19. The van der Waals surface area contributed by atoms with Crippen molar-refractivity contribution in [2.45, 2.75) is 110 Å². The fraction of sp³-hybridized carbons (Fsp3) is 0.710. The van der Waals surface area contributed by atoms with Crippen LogP contribution in [0.3, 0.4) is 0 Å². The van der Waals surface area contributed by atoms with Crippen LogP contribution in [0.15, 0.2) is 12.5 Å². The summed E-state index contributed by atoms with van der Waals surface area (Å²) in [6.07, 6.45) is 4.83. The van der Waals surface area contributed by atoms with Crippen LogP contribution in [0.2, 0.25) is 0 Å². The second kappa shape index (κ2) is 20.9. The molecule has 0 aliphatic heterocycles.